The van der Waals surface area contributed by atoms with Crippen LogP contribution in [-0.2, 0) is 4.79 Å². The van der Waals surface area contributed by atoms with Crippen LogP contribution in [0.2, 0.25) is 0 Å². The van der Waals surface area contributed by atoms with Crippen LogP contribution >= 0.6 is 11.9 Å². The molecule has 0 atom stereocenters. The van der Waals surface area contributed by atoms with Gasteiger partial charge >= 0.3 is 0 Å². The molecule has 1 aliphatic rings. The standard InChI is InChI=1S/C23H30FN3O2S/c1-23(2,12-4-16-29-21-8-6-19(24)7-9-21)27(18-28)20-10-14-26(15-11-20)30-22-5-3-13-25-17-22/h3,5-9,13,17-18,20H,4,10-12,14-16H2,1-2H3. The molecule has 2 heterocycles. The lowest BCUT2D eigenvalue weighted by Gasteiger charge is -2.44. The van der Waals surface area contributed by atoms with Crippen molar-refractivity contribution in [2.75, 3.05) is 19.7 Å². The summed E-state index contributed by atoms with van der Waals surface area (Å²) in [6, 6.07) is 10.3. The number of piperidine rings is 1. The Hall–Kier alpha value is -2.12. The topological polar surface area (TPSA) is 45.7 Å². The molecule has 0 radical (unpaired) electrons. The Bertz CT molecular complexity index is 781. The summed E-state index contributed by atoms with van der Waals surface area (Å²) in [5.41, 5.74) is -0.239. The third-order valence-corrected chi connectivity index (χ3v) is 6.59. The van der Waals surface area contributed by atoms with Crippen LogP contribution in [0.3, 0.4) is 0 Å². The molecule has 5 nitrogen and oxygen atoms in total. The predicted octanol–water partition coefficient (Wildman–Crippen LogP) is 4.79. The highest BCUT2D eigenvalue weighted by Crippen LogP contribution is 2.31. The number of rotatable bonds is 10. The quantitative estimate of drug-likeness (QED) is 0.308. The molecule has 3 rings (SSSR count). The molecular formula is C23H30FN3O2S. The van der Waals surface area contributed by atoms with Crippen molar-refractivity contribution in [3.8, 4) is 5.75 Å². The highest BCUT2D eigenvalue weighted by Gasteiger charge is 2.33. The smallest absolute Gasteiger partial charge is 0.210 e. The third kappa shape index (κ3) is 6.44. The molecular weight excluding hydrogens is 401 g/mol. The molecule has 0 N–H and O–H groups in total. The number of benzene rings is 1. The van der Waals surface area contributed by atoms with E-state index in [1.807, 2.05) is 17.2 Å². The largest absolute Gasteiger partial charge is 0.494 e. The van der Waals surface area contributed by atoms with Crippen molar-refractivity contribution < 1.29 is 13.9 Å². The lowest BCUT2D eigenvalue weighted by molar-refractivity contribution is -0.127. The van der Waals surface area contributed by atoms with E-state index in [1.165, 1.54) is 12.1 Å². The third-order valence-electron chi connectivity index (χ3n) is 5.51. The molecule has 0 aliphatic carbocycles. The van der Waals surface area contributed by atoms with Crippen molar-refractivity contribution in [2.24, 2.45) is 0 Å². The van der Waals surface area contributed by atoms with Gasteiger partial charge in [-0.25, -0.2) is 8.70 Å². The number of nitrogens with zero attached hydrogens (tertiary/aromatic N) is 3. The van der Waals surface area contributed by atoms with Gasteiger partial charge in [-0.2, -0.15) is 0 Å². The van der Waals surface area contributed by atoms with Gasteiger partial charge in [0.2, 0.25) is 6.41 Å². The Morgan fingerprint density at radius 1 is 1.27 bits per heavy atom. The summed E-state index contributed by atoms with van der Waals surface area (Å²) in [7, 11) is 0. The normalized spacial score (nSPS) is 15.7. The molecule has 1 aromatic carbocycles. The van der Waals surface area contributed by atoms with E-state index in [1.54, 1.807) is 30.3 Å². The fraction of sp³-hybridized carbons (Fsp3) is 0.478. The summed E-state index contributed by atoms with van der Waals surface area (Å²) < 4.78 is 21.0. The maximum absolute atomic E-state index is 13.0. The minimum absolute atomic E-state index is 0.239. The zero-order valence-electron chi connectivity index (χ0n) is 17.7. The highest BCUT2D eigenvalue weighted by atomic mass is 32.2. The number of hydrogen-bond donors (Lipinski definition) is 0. The summed E-state index contributed by atoms with van der Waals surface area (Å²) in [6.45, 7) is 6.67. The van der Waals surface area contributed by atoms with Crippen molar-refractivity contribution in [1.82, 2.24) is 14.2 Å². The molecule has 162 valence electrons. The van der Waals surface area contributed by atoms with Crippen molar-refractivity contribution in [1.29, 1.82) is 0 Å². The Balaban J connectivity index is 1.44. The van der Waals surface area contributed by atoms with Gasteiger partial charge in [0.15, 0.2) is 0 Å². The number of pyridine rings is 1. The van der Waals surface area contributed by atoms with Crippen molar-refractivity contribution in [3.05, 3.63) is 54.6 Å². The van der Waals surface area contributed by atoms with Crippen LogP contribution in [0.4, 0.5) is 4.39 Å². The fourth-order valence-corrected chi connectivity index (χ4v) is 4.78. The molecule has 1 aliphatic heterocycles. The van der Waals surface area contributed by atoms with Gasteiger partial charge in [0.1, 0.15) is 11.6 Å². The molecule has 1 amide bonds. The van der Waals surface area contributed by atoms with Crippen LogP contribution in [0.1, 0.15) is 39.5 Å². The van der Waals surface area contributed by atoms with Crippen molar-refractivity contribution in [2.45, 2.75) is 56.0 Å². The first kappa shape index (κ1) is 22.6. The molecule has 2 aromatic rings. The second-order valence-electron chi connectivity index (χ2n) is 8.17. The van der Waals surface area contributed by atoms with Crippen LogP contribution < -0.4 is 4.74 Å². The number of amides is 1. The summed E-state index contributed by atoms with van der Waals surface area (Å²) in [4.78, 5) is 19.3. The Kier molecular flexibility index (Phi) is 8.10. The maximum Gasteiger partial charge on any atom is 0.210 e. The van der Waals surface area contributed by atoms with E-state index in [0.717, 1.165) is 50.1 Å². The van der Waals surface area contributed by atoms with E-state index in [4.69, 9.17) is 4.74 Å². The monoisotopic (exact) mass is 431 g/mol. The van der Waals surface area contributed by atoms with Gasteiger partial charge in [-0.05, 0) is 87.9 Å². The van der Waals surface area contributed by atoms with E-state index in [9.17, 15) is 9.18 Å². The Morgan fingerprint density at radius 3 is 2.63 bits per heavy atom. The van der Waals surface area contributed by atoms with Crippen LogP contribution in [0.25, 0.3) is 0 Å². The second-order valence-corrected chi connectivity index (χ2v) is 9.34. The maximum atomic E-state index is 13.0. The van der Waals surface area contributed by atoms with Gasteiger partial charge in [-0.1, -0.05) is 0 Å². The molecule has 0 spiro atoms. The number of ether oxygens (including phenoxy) is 1. The number of halogens is 1. The van der Waals surface area contributed by atoms with Crippen LogP contribution in [-0.4, -0.2) is 51.9 Å². The van der Waals surface area contributed by atoms with Gasteiger partial charge < -0.3 is 9.64 Å². The van der Waals surface area contributed by atoms with E-state index in [0.29, 0.717) is 12.4 Å². The van der Waals surface area contributed by atoms with Gasteiger partial charge in [-0.15, -0.1) is 0 Å². The zero-order chi connectivity index (χ0) is 21.4. The molecule has 0 saturated carbocycles. The SMILES string of the molecule is CC(C)(CCCOc1ccc(F)cc1)N(C=O)C1CCN(Sc2cccnc2)CC1. The molecule has 30 heavy (non-hydrogen) atoms. The minimum Gasteiger partial charge on any atom is -0.494 e. The van der Waals surface area contributed by atoms with Crippen molar-refractivity contribution >= 4 is 18.4 Å². The van der Waals surface area contributed by atoms with E-state index < -0.39 is 0 Å². The van der Waals surface area contributed by atoms with E-state index in [-0.39, 0.29) is 17.4 Å². The minimum atomic E-state index is -0.269. The molecule has 0 unspecified atom stereocenters. The summed E-state index contributed by atoms with van der Waals surface area (Å²) >= 11 is 1.73. The first-order valence-electron chi connectivity index (χ1n) is 10.4. The Labute approximate surface area is 182 Å². The van der Waals surface area contributed by atoms with E-state index in [2.05, 4.69) is 29.2 Å². The lowest BCUT2D eigenvalue weighted by atomic mass is 9.92. The Morgan fingerprint density at radius 2 is 2.00 bits per heavy atom. The lowest BCUT2D eigenvalue weighted by Crippen LogP contribution is -2.52. The number of carbonyl (C=O) groups excluding carboxylic acids is 1. The second kappa shape index (κ2) is 10.8. The summed E-state index contributed by atoms with van der Waals surface area (Å²) in [5, 5.41) is 0. The van der Waals surface area contributed by atoms with Crippen molar-refractivity contribution in [3.63, 3.8) is 0 Å². The molecule has 7 heteroatoms. The molecule has 0 bridgehead atoms. The van der Waals surface area contributed by atoms with Gasteiger partial charge in [-0.3, -0.25) is 9.78 Å². The van der Waals surface area contributed by atoms with Gasteiger partial charge in [0, 0.05) is 42.0 Å². The first-order chi connectivity index (χ1) is 14.5. The molecule has 1 fully saturated rings. The van der Waals surface area contributed by atoms with Crippen LogP contribution in [0.5, 0.6) is 5.75 Å². The highest BCUT2D eigenvalue weighted by molar-refractivity contribution is 7.97. The predicted molar refractivity (Wildman–Crippen MR) is 118 cm³/mol. The van der Waals surface area contributed by atoms with Crippen LogP contribution in [0, 0.1) is 5.82 Å². The fourth-order valence-electron chi connectivity index (χ4n) is 3.84. The molecule has 1 aromatic heterocycles. The number of aromatic nitrogens is 1. The van der Waals surface area contributed by atoms with E-state index >= 15 is 0 Å². The summed E-state index contributed by atoms with van der Waals surface area (Å²) in [6.07, 6.45) is 8.26. The zero-order valence-corrected chi connectivity index (χ0v) is 18.5. The summed E-state index contributed by atoms with van der Waals surface area (Å²) in [5.74, 6) is 0.398. The number of hydrogen-bond acceptors (Lipinski definition) is 5. The average Bonchev–Trinajstić information content (AvgIpc) is 2.75. The number of carbonyl (C=O) groups is 1. The van der Waals surface area contributed by atoms with Crippen LogP contribution in [0.15, 0.2) is 53.7 Å². The molecule has 1 saturated heterocycles. The first-order valence-corrected chi connectivity index (χ1v) is 11.2. The van der Waals surface area contributed by atoms with Gasteiger partial charge in [0.25, 0.3) is 0 Å². The van der Waals surface area contributed by atoms with Gasteiger partial charge in [0.05, 0.1) is 6.61 Å². The average molecular weight is 432 g/mol.